The van der Waals surface area contributed by atoms with Crippen LogP contribution in [0.25, 0.3) is 11.3 Å². The summed E-state index contributed by atoms with van der Waals surface area (Å²) in [6, 6.07) is 7.94. The van der Waals surface area contributed by atoms with Gasteiger partial charge in [0.05, 0.1) is 61.1 Å². The first-order chi connectivity index (χ1) is 37.6. The number of nitrogens with one attached hydrogen (secondary N) is 4. The highest BCUT2D eigenvalue weighted by molar-refractivity contribution is 5.87. The van der Waals surface area contributed by atoms with Crippen LogP contribution in [0.3, 0.4) is 0 Å². The van der Waals surface area contributed by atoms with Gasteiger partial charge in [-0.1, -0.05) is 24.0 Å². The minimum atomic E-state index is -5.23. The number of hydrogen-bond donors (Lipinski definition) is 6. The van der Waals surface area contributed by atoms with E-state index in [0.29, 0.717) is 67.5 Å². The summed E-state index contributed by atoms with van der Waals surface area (Å²) in [5, 5.41) is 32.3. The Kier molecular flexibility index (Phi) is 17.4. The Morgan fingerprint density at radius 3 is 1.89 bits per heavy atom. The number of methoxy groups -OCH3 is 1. The van der Waals surface area contributed by atoms with Crippen molar-refractivity contribution in [1.29, 1.82) is 0 Å². The summed E-state index contributed by atoms with van der Waals surface area (Å²) in [6.07, 6.45) is -9.18. The summed E-state index contributed by atoms with van der Waals surface area (Å²) in [5.41, 5.74) is -3.33. The molecule has 2 aromatic carbocycles. The van der Waals surface area contributed by atoms with Crippen LogP contribution in [-0.2, 0) is 32.0 Å². The second-order valence-electron chi connectivity index (χ2n) is 21.7. The van der Waals surface area contributed by atoms with Crippen LogP contribution in [0.15, 0.2) is 67.0 Å². The molecule has 0 radical (unpaired) electrons. The van der Waals surface area contributed by atoms with Crippen LogP contribution in [0.5, 0.6) is 0 Å². The molecule has 26 heteroatoms. The summed E-state index contributed by atoms with van der Waals surface area (Å²) < 4.78 is 131. The van der Waals surface area contributed by atoms with E-state index in [9.17, 15) is 55.7 Å². The Balaban J connectivity index is 1.07. The van der Waals surface area contributed by atoms with Gasteiger partial charge in [-0.15, -0.1) is 0 Å². The number of aliphatic hydroxyl groups is 1. The first kappa shape index (κ1) is 59.1. The Morgan fingerprint density at radius 2 is 1.36 bits per heavy atom. The number of aromatic nitrogens is 3. The number of piperazine rings is 1. The maximum absolute atomic E-state index is 16.1. The quantitative estimate of drug-likeness (QED) is 0.0338. The summed E-state index contributed by atoms with van der Waals surface area (Å²) in [4.78, 5) is 61.8. The number of carboxylic acid groups (broad SMARTS) is 1. The van der Waals surface area contributed by atoms with Crippen molar-refractivity contribution in [1.82, 2.24) is 46.0 Å². The van der Waals surface area contributed by atoms with E-state index in [1.54, 1.807) is 29.2 Å². The third-order valence-electron chi connectivity index (χ3n) is 15.3. The fraction of sp³-hybridized carbons (Fsp3) is 0.519. The predicted octanol–water partition coefficient (Wildman–Crippen LogP) is 6.47. The standard InChI is InChI=1S/C54H62F8N10O8/c1-51(2,53(57,58)59)45(66-50(78)79-5)47(74)64-42(20-31-9-6-30(7-10-31)8-11-32-12-17-44(63-23-32)69-24-35-15-16-36(25-69)72(35)37-28-80-29-37)43(73)27-70(68-48(75)46(65-49(76)77)52(3,4)54(60,61)62)26-38-39(55)21-33(22-40(38)56)41-18-19-71(67-41)34-13-14-34/h6-7,9-10,12,17-19,21-23,34-37,42-43,45-46,65,73H,13-16,20,24-29H2,1-5H3,(H,64,74)(H,66,78)(H,68,75)(H,76,77). The van der Waals surface area contributed by atoms with E-state index in [1.165, 1.54) is 23.5 Å². The average molecular weight is 1130 g/mol. The molecular weight excluding hydrogens is 1070 g/mol. The molecule has 4 aromatic rings. The number of hydrazine groups is 1. The molecule has 2 aromatic heterocycles. The SMILES string of the molecule is COC(=O)NC(C(=O)NC(Cc1ccc(C#Cc2ccc(N3CC4CCC(C3)N4C3COC3)nc2)cc1)C(O)CN(Cc1c(F)cc(-c2ccn(C3CC3)n2)cc1F)NC(=O)C(NC(=O)O)C(C)(C)C(F)(F)F)C(C)(C)C(F)(F)F. The first-order valence-electron chi connectivity index (χ1n) is 25.8. The smallest absolute Gasteiger partial charge is 0.407 e. The Bertz CT molecular complexity index is 2920. The second-order valence-corrected chi connectivity index (χ2v) is 21.7. The first-order valence-corrected chi connectivity index (χ1v) is 25.8. The molecule has 3 saturated heterocycles. The van der Waals surface area contributed by atoms with Gasteiger partial charge in [-0.05, 0) is 108 Å². The maximum Gasteiger partial charge on any atom is 0.407 e. The Hall–Kier alpha value is -7.08. The predicted molar refractivity (Wildman–Crippen MR) is 272 cm³/mol. The van der Waals surface area contributed by atoms with E-state index < -0.39 is 108 Å². The van der Waals surface area contributed by atoms with Crippen molar-refractivity contribution in [3.05, 3.63) is 101 Å². The molecule has 8 rings (SSSR count). The number of rotatable bonds is 19. The minimum absolute atomic E-state index is 0.00856. The molecule has 6 atom stereocenters. The van der Waals surface area contributed by atoms with E-state index in [2.05, 4.69) is 41.8 Å². The number of amides is 4. The molecule has 432 valence electrons. The van der Waals surface area contributed by atoms with Crippen LogP contribution >= 0.6 is 0 Å². The summed E-state index contributed by atoms with van der Waals surface area (Å²) in [5.74, 6) is 1.22. The molecule has 5 heterocycles. The maximum atomic E-state index is 16.1. The molecule has 4 amide bonds. The second kappa shape index (κ2) is 23.6. The lowest BCUT2D eigenvalue weighted by Crippen LogP contribution is -2.63. The third kappa shape index (κ3) is 13.4. The third-order valence-corrected chi connectivity index (χ3v) is 15.3. The highest BCUT2D eigenvalue weighted by Gasteiger charge is 2.57. The topological polar surface area (TPSA) is 216 Å². The fourth-order valence-corrected chi connectivity index (χ4v) is 10.1. The number of halogens is 8. The van der Waals surface area contributed by atoms with Crippen molar-refractivity contribution in [2.75, 3.05) is 44.9 Å². The van der Waals surface area contributed by atoms with Crippen molar-refractivity contribution >= 4 is 29.8 Å². The number of fused-ring (bicyclic) bond motifs is 2. The van der Waals surface area contributed by atoms with E-state index >= 15 is 8.78 Å². The number of anilines is 1. The highest BCUT2D eigenvalue weighted by Crippen LogP contribution is 2.42. The normalized spacial score (nSPS) is 19.5. The van der Waals surface area contributed by atoms with Crippen LogP contribution in [0.1, 0.15) is 81.7 Å². The molecule has 1 saturated carbocycles. The van der Waals surface area contributed by atoms with Gasteiger partial charge in [-0.25, -0.2) is 28.4 Å². The molecule has 2 bridgehead atoms. The van der Waals surface area contributed by atoms with E-state index in [4.69, 9.17) is 4.74 Å². The molecule has 80 heavy (non-hydrogen) atoms. The lowest BCUT2D eigenvalue weighted by molar-refractivity contribution is -0.221. The number of alkyl carbamates (subject to hydrolysis) is 1. The molecule has 1 aliphatic carbocycles. The highest BCUT2D eigenvalue weighted by atomic mass is 19.4. The van der Waals surface area contributed by atoms with E-state index in [-0.39, 0.29) is 17.3 Å². The lowest BCUT2D eigenvalue weighted by atomic mass is 9.82. The molecule has 6 unspecified atom stereocenters. The van der Waals surface area contributed by atoms with Gasteiger partial charge in [-0.3, -0.25) is 24.6 Å². The van der Waals surface area contributed by atoms with Crippen LogP contribution in [0.4, 0.5) is 50.5 Å². The van der Waals surface area contributed by atoms with Gasteiger partial charge in [0.1, 0.15) is 29.5 Å². The molecular formula is C54H62F8N10O8. The lowest BCUT2D eigenvalue weighted by Gasteiger charge is -2.47. The van der Waals surface area contributed by atoms with Crippen LogP contribution in [-0.4, -0.2) is 154 Å². The number of pyridine rings is 1. The summed E-state index contributed by atoms with van der Waals surface area (Å²) in [7, 11) is 0.841. The summed E-state index contributed by atoms with van der Waals surface area (Å²) in [6.45, 7) is 3.38. The van der Waals surface area contributed by atoms with Gasteiger partial charge < -0.3 is 40.5 Å². The zero-order valence-corrected chi connectivity index (χ0v) is 44.3. The van der Waals surface area contributed by atoms with Gasteiger partial charge >= 0.3 is 24.5 Å². The molecule has 18 nitrogen and oxygen atoms in total. The van der Waals surface area contributed by atoms with Crippen LogP contribution in [0.2, 0.25) is 0 Å². The molecule has 0 spiro atoms. The zero-order chi connectivity index (χ0) is 58.1. The monoisotopic (exact) mass is 1130 g/mol. The number of ether oxygens (including phenoxy) is 2. The molecule has 4 fully saturated rings. The van der Waals surface area contributed by atoms with Crippen molar-refractivity contribution in [3.63, 3.8) is 0 Å². The van der Waals surface area contributed by atoms with Gasteiger partial charge in [0.15, 0.2) is 0 Å². The fourth-order valence-electron chi connectivity index (χ4n) is 10.1. The largest absolute Gasteiger partial charge is 0.465 e. The van der Waals surface area contributed by atoms with Crippen LogP contribution in [0, 0.1) is 34.3 Å². The minimum Gasteiger partial charge on any atom is -0.465 e. The molecule has 6 N–H and O–H groups in total. The number of nitrogens with zero attached hydrogens (tertiary/aromatic N) is 6. The van der Waals surface area contributed by atoms with Crippen molar-refractivity contribution in [3.8, 4) is 23.1 Å². The van der Waals surface area contributed by atoms with Gasteiger partial charge in [0.2, 0.25) is 5.91 Å². The van der Waals surface area contributed by atoms with Crippen LogP contribution < -0.4 is 26.3 Å². The number of benzene rings is 2. The molecule has 3 aliphatic heterocycles. The number of aliphatic hydroxyl groups excluding tert-OH is 1. The van der Waals surface area contributed by atoms with E-state index in [0.717, 1.165) is 77.0 Å². The van der Waals surface area contributed by atoms with Gasteiger partial charge in [-0.2, -0.15) is 31.4 Å². The van der Waals surface area contributed by atoms with Gasteiger partial charge in [0, 0.05) is 72.9 Å². The average Bonchev–Trinajstić information content (AvgIpc) is 4.09. The van der Waals surface area contributed by atoms with Crippen molar-refractivity contribution in [2.24, 2.45) is 10.8 Å². The van der Waals surface area contributed by atoms with Gasteiger partial charge in [0.25, 0.3) is 5.91 Å². The number of alkyl halides is 6. The number of carbonyl (C=O) groups is 4. The summed E-state index contributed by atoms with van der Waals surface area (Å²) >= 11 is 0. The Morgan fingerprint density at radius 1 is 0.787 bits per heavy atom. The van der Waals surface area contributed by atoms with E-state index in [1.807, 2.05) is 22.9 Å². The zero-order valence-electron chi connectivity index (χ0n) is 44.3. The number of hydrogen-bond acceptors (Lipinski definition) is 12. The van der Waals surface area contributed by atoms with Crippen molar-refractivity contribution < 1.29 is 74.0 Å². The molecule has 4 aliphatic rings. The Labute approximate surface area is 455 Å². The van der Waals surface area contributed by atoms with Crippen molar-refractivity contribution in [2.45, 2.75) is 127 Å². The number of carbonyl (C=O) groups excluding carboxylic acids is 3.